The molecule has 0 bridgehead atoms. The van der Waals surface area contributed by atoms with Crippen LogP contribution in [0.2, 0.25) is 5.02 Å². The average molecular weight is 391 g/mol. The Morgan fingerprint density at radius 3 is 2.74 bits per heavy atom. The van der Waals surface area contributed by atoms with Gasteiger partial charge in [-0.25, -0.2) is 4.79 Å². The highest BCUT2D eigenvalue weighted by atomic mass is 35.5. The van der Waals surface area contributed by atoms with Gasteiger partial charge in [0.1, 0.15) is 6.04 Å². The molecule has 3 heterocycles. The first-order valence-electron chi connectivity index (χ1n) is 9.91. The van der Waals surface area contributed by atoms with Crippen LogP contribution in [-0.4, -0.2) is 78.0 Å². The maximum Gasteiger partial charge on any atom is 0.327 e. The topological polar surface area (TPSA) is 47.1 Å². The summed E-state index contributed by atoms with van der Waals surface area (Å²) in [5.74, 6) is 0.0105. The molecule has 3 aliphatic rings. The van der Waals surface area contributed by atoms with Crippen molar-refractivity contribution in [1.82, 2.24) is 14.7 Å². The molecule has 3 saturated heterocycles. The molecule has 0 N–H and O–H groups in total. The lowest BCUT2D eigenvalue weighted by Crippen LogP contribution is -2.52. The molecule has 1 aromatic carbocycles. The van der Waals surface area contributed by atoms with E-state index in [1.165, 1.54) is 10.6 Å². The number of fused-ring (bicyclic) bond motifs is 1. The molecule has 0 aromatic heterocycles. The van der Waals surface area contributed by atoms with Gasteiger partial charge in [0.15, 0.2) is 0 Å². The second-order valence-electron chi connectivity index (χ2n) is 7.79. The highest BCUT2D eigenvalue weighted by Gasteiger charge is 2.46. The molecule has 3 amide bonds. The van der Waals surface area contributed by atoms with Crippen LogP contribution in [0, 0.1) is 0 Å². The normalized spacial score (nSPS) is 26.2. The summed E-state index contributed by atoms with van der Waals surface area (Å²) in [6.07, 6.45) is 2.60. The number of carbonyl (C=O) groups is 2. The van der Waals surface area contributed by atoms with Crippen LogP contribution < -0.4 is 4.90 Å². The van der Waals surface area contributed by atoms with Crippen molar-refractivity contribution in [2.24, 2.45) is 0 Å². The molecular formula is C20H27ClN4O2. The van der Waals surface area contributed by atoms with Gasteiger partial charge in [-0.15, -0.1) is 0 Å². The molecule has 0 saturated carbocycles. The molecule has 1 aromatic rings. The van der Waals surface area contributed by atoms with Gasteiger partial charge >= 0.3 is 6.03 Å². The summed E-state index contributed by atoms with van der Waals surface area (Å²) in [4.78, 5) is 32.8. The zero-order chi connectivity index (χ0) is 19.0. The first-order chi connectivity index (χ1) is 13.0. The van der Waals surface area contributed by atoms with E-state index in [-0.39, 0.29) is 18.0 Å². The summed E-state index contributed by atoms with van der Waals surface area (Å²) < 4.78 is 0. The van der Waals surface area contributed by atoms with E-state index in [4.69, 9.17) is 11.6 Å². The smallest absolute Gasteiger partial charge is 0.327 e. The Balaban J connectivity index is 1.26. The number of hydrogen-bond donors (Lipinski definition) is 0. The van der Waals surface area contributed by atoms with E-state index in [9.17, 15) is 9.59 Å². The van der Waals surface area contributed by atoms with E-state index in [1.54, 1.807) is 4.90 Å². The number of halogens is 1. The van der Waals surface area contributed by atoms with E-state index < -0.39 is 0 Å². The van der Waals surface area contributed by atoms with Gasteiger partial charge in [-0.2, -0.15) is 0 Å². The van der Waals surface area contributed by atoms with Crippen LogP contribution in [0.3, 0.4) is 0 Å². The van der Waals surface area contributed by atoms with E-state index >= 15 is 0 Å². The highest BCUT2D eigenvalue weighted by Crippen LogP contribution is 2.27. The number of piperazine rings is 1. The van der Waals surface area contributed by atoms with Crippen molar-refractivity contribution in [3.63, 3.8) is 0 Å². The molecule has 0 spiro atoms. The Labute approximate surface area is 165 Å². The quantitative estimate of drug-likeness (QED) is 0.725. The van der Waals surface area contributed by atoms with Gasteiger partial charge in [0.25, 0.3) is 5.91 Å². The third kappa shape index (κ3) is 3.65. The van der Waals surface area contributed by atoms with Gasteiger partial charge in [-0.3, -0.25) is 14.6 Å². The Morgan fingerprint density at radius 1 is 1.15 bits per heavy atom. The summed E-state index contributed by atoms with van der Waals surface area (Å²) in [5.41, 5.74) is 1.17. The number of benzene rings is 1. The lowest BCUT2D eigenvalue weighted by atomic mass is 10.1. The predicted molar refractivity (Wildman–Crippen MR) is 106 cm³/mol. The number of amides is 3. The number of imide groups is 1. The average Bonchev–Trinajstić information content (AvgIpc) is 3.22. The lowest BCUT2D eigenvalue weighted by molar-refractivity contribution is -0.128. The fraction of sp³-hybridized carbons (Fsp3) is 0.600. The largest absolute Gasteiger partial charge is 0.369 e. The van der Waals surface area contributed by atoms with Gasteiger partial charge in [0.05, 0.1) is 0 Å². The molecule has 6 nitrogen and oxygen atoms in total. The summed E-state index contributed by atoms with van der Waals surface area (Å²) in [5, 5.41) is 0.767. The van der Waals surface area contributed by atoms with Crippen LogP contribution in [-0.2, 0) is 4.79 Å². The second-order valence-corrected chi connectivity index (χ2v) is 8.22. The third-order valence-electron chi connectivity index (χ3n) is 6.05. The van der Waals surface area contributed by atoms with Crippen molar-refractivity contribution >= 4 is 29.2 Å². The summed E-state index contributed by atoms with van der Waals surface area (Å²) in [6, 6.07) is 8.16. The van der Waals surface area contributed by atoms with Crippen molar-refractivity contribution in [1.29, 1.82) is 0 Å². The highest BCUT2D eigenvalue weighted by molar-refractivity contribution is 6.30. The molecule has 0 aliphatic carbocycles. The van der Waals surface area contributed by atoms with Crippen LogP contribution in [0.15, 0.2) is 24.3 Å². The Kier molecular flexibility index (Phi) is 5.28. The molecule has 3 fully saturated rings. The molecule has 0 radical (unpaired) electrons. The van der Waals surface area contributed by atoms with Crippen molar-refractivity contribution in [3.05, 3.63) is 29.3 Å². The minimum absolute atomic E-state index is 0.0105. The van der Waals surface area contributed by atoms with Crippen molar-refractivity contribution in [2.75, 3.05) is 44.2 Å². The number of hydrogen-bond acceptors (Lipinski definition) is 4. The monoisotopic (exact) mass is 390 g/mol. The van der Waals surface area contributed by atoms with Crippen LogP contribution in [0.25, 0.3) is 0 Å². The lowest BCUT2D eigenvalue weighted by Gasteiger charge is -2.41. The van der Waals surface area contributed by atoms with Crippen LogP contribution in [0.1, 0.15) is 26.2 Å². The molecule has 4 rings (SSSR count). The van der Waals surface area contributed by atoms with E-state index in [2.05, 4.69) is 22.8 Å². The number of anilines is 1. The van der Waals surface area contributed by atoms with Crippen molar-refractivity contribution in [2.45, 2.75) is 38.3 Å². The number of carbonyl (C=O) groups excluding carboxylic acids is 2. The standard InChI is InChI=1S/C20H27ClN4O2/c1-15-14-23(17-6-2-5-16(21)13-17)12-11-22(15)8-4-10-25-19(26)18-7-3-9-24(18)20(25)27/h2,5-6,13,15,18H,3-4,7-12,14H2,1H3. The third-order valence-corrected chi connectivity index (χ3v) is 6.28. The maximum atomic E-state index is 12.4. The minimum Gasteiger partial charge on any atom is -0.369 e. The molecule has 7 heteroatoms. The zero-order valence-electron chi connectivity index (χ0n) is 15.8. The zero-order valence-corrected chi connectivity index (χ0v) is 16.6. The number of nitrogens with zero attached hydrogens (tertiary/aromatic N) is 4. The molecule has 3 aliphatic heterocycles. The van der Waals surface area contributed by atoms with E-state index in [0.717, 1.165) is 57.0 Å². The Hall–Kier alpha value is -1.79. The molecule has 27 heavy (non-hydrogen) atoms. The second kappa shape index (κ2) is 7.68. The number of urea groups is 1. The maximum absolute atomic E-state index is 12.4. The first kappa shape index (κ1) is 18.6. The van der Waals surface area contributed by atoms with E-state index in [0.29, 0.717) is 12.6 Å². The van der Waals surface area contributed by atoms with Gasteiger partial charge in [-0.05, 0) is 44.4 Å². The number of rotatable bonds is 5. The van der Waals surface area contributed by atoms with E-state index in [1.807, 2.05) is 18.2 Å². The first-order valence-corrected chi connectivity index (χ1v) is 10.3. The fourth-order valence-electron chi connectivity index (χ4n) is 4.55. The molecule has 146 valence electrons. The SMILES string of the molecule is CC1CN(c2cccc(Cl)c2)CCN1CCCN1C(=O)C2CCCN2C1=O. The van der Waals surface area contributed by atoms with Crippen molar-refractivity contribution in [3.8, 4) is 0 Å². The molecule has 2 unspecified atom stereocenters. The van der Waals surface area contributed by atoms with Crippen LogP contribution in [0.4, 0.5) is 10.5 Å². The van der Waals surface area contributed by atoms with Gasteiger partial charge in [0, 0.05) is 56.0 Å². The summed E-state index contributed by atoms with van der Waals surface area (Å²) >= 11 is 6.12. The summed E-state index contributed by atoms with van der Waals surface area (Å²) in [7, 11) is 0. The fourth-order valence-corrected chi connectivity index (χ4v) is 4.74. The van der Waals surface area contributed by atoms with Crippen LogP contribution in [0.5, 0.6) is 0 Å². The van der Waals surface area contributed by atoms with Gasteiger partial charge in [0.2, 0.25) is 0 Å². The Morgan fingerprint density at radius 2 is 2.00 bits per heavy atom. The minimum atomic E-state index is -0.183. The molecule has 2 atom stereocenters. The predicted octanol–water partition coefficient (Wildman–Crippen LogP) is 2.67. The van der Waals surface area contributed by atoms with Gasteiger partial charge < -0.3 is 9.80 Å². The summed E-state index contributed by atoms with van der Waals surface area (Å²) in [6.45, 7) is 7.30. The molecular weight excluding hydrogens is 364 g/mol. The van der Waals surface area contributed by atoms with Crippen molar-refractivity contribution < 1.29 is 9.59 Å². The Bertz CT molecular complexity index is 706. The van der Waals surface area contributed by atoms with Crippen LogP contribution >= 0.6 is 11.6 Å². The van der Waals surface area contributed by atoms with Gasteiger partial charge in [-0.1, -0.05) is 17.7 Å².